The second kappa shape index (κ2) is 6.67. The molecule has 0 radical (unpaired) electrons. The van der Waals surface area contributed by atoms with Crippen molar-refractivity contribution in [1.82, 2.24) is 5.32 Å². The summed E-state index contributed by atoms with van der Waals surface area (Å²) < 4.78 is 1.11. The molecule has 0 aliphatic rings. The van der Waals surface area contributed by atoms with Crippen LogP contribution in [0.1, 0.15) is 31.7 Å². The molecular weight excluding hydrogens is 264 g/mol. The number of rotatable bonds is 5. The molecule has 1 N–H and O–H groups in total. The molecule has 0 spiro atoms. The molecule has 1 aromatic carbocycles. The van der Waals surface area contributed by atoms with Gasteiger partial charge in [-0.15, -0.1) is 0 Å². The zero-order valence-corrected chi connectivity index (χ0v) is 11.3. The normalized spacial score (nSPS) is 14.1. The van der Waals surface area contributed by atoms with Gasteiger partial charge >= 0.3 is 0 Å². The summed E-state index contributed by atoms with van der Waals surface area (Å²) in [4.78, 5) is 0. The van der Waals surface area contributed by atoms with Gasteiger partial charge in [-0.3, -0.25) is 0 Å². The van der Waals surface area contributed by atoms with Crippen molar-refractivity contribution in [2.24, 2.45) is 0 Å². The van der Waals surface area contributed by atoms with Gasteiger partial charge in [-0.1, -0.05) is 35.0 Å². The van der Waals surface area contributed by atoms with Crippen LogP contribution in [0.5, 0.6) is 0 Å². The predicted octanol–water partition coefficient (Wildman–Crippen LogP) is 3.44. The zero-order chi connectivity index (χ0) is 12.0. The average molecular weight is 281 g/mol. The molecule has 3 heteroatoms. The number of benzene rings is 1. The highest BCUT2D eigenvalue weighted by molar-refractivity contribution is 9.10. The van der Waals surface area contributed by atoms with Crippen molar-refractivity contribution < 1.29 is 0 Å². The van der Waals surface area contributed by atoms with E-state index < -0.39 is 0 Å². The van der Waals surface area contributed by atoms with Gasteiger partial charge in [0.15, 0.2) is 0 Å². The third kappa shape index (κ3) is 4.34. The lowest BCUT2D eigenvalue weighted by atomic mass is 10.0. The molecule has 2 unspecified atom stereocenters. The topological polar surface area (TPSA) is 35.8 Å². The van der Waals surface area contributed by atoms with E-state index in [1.54, 1.807) is 0 Å². The third-order valence-electron chi connectivity index (χ3n) is 2.59. The molecule has 0 aliphatic heterocycles. The Morgan fingerprint density at radius 1 is 1.44 bits per heavy atom. The first-order valence-electron chi connectivity index (χ1n) is 5.49. The van der Waals surface area contributed by atoms with Gasteiger partial charge in [0.1, 0.15) is 0 Å². The van der Waals surface area contributed by atoms with Crippen LogP contribution >= 0.6 is 15.9 Å². The Kier molecular flexibility index (Phi) is 5.51. The Morgan fingerprint density at radius 2 is 2.19 bits per heavy atom. The summed E-state index contributed by atoms with van der Waals surface area (Å²) in [5, 5.41) is 11.9. The highest BCUT2D eigenvalue weighted by Crippen LogP contribution is 2.19. The molecule has 2 atom stereocenters. The largest absolute Gasteiger partial charge is 0.313 e. The molecule has 0 heterocycles. The monoisotopic (exact) mass is 280 g/mol. The van der Waals surface area contributed by atoms with Crippen LogP contribution in [0.2, 0.25) is 0 Å². The van der Waals surface area contributed by atoms with E-state index in [1.807, 2.05) is 13.0 Å². The van der Waals surface area contributed by atoms with Gasteiger partial charge in [-0.05, 0) is 30.5 Å². The maximum atomic E-state index is 8.56. The minimum atomic E-state index is 0.264. The number of nitrogens with one attached hydrogen (secondary N) is 1. The lowest BCUT2D eigenvalue weighted by Gasteiger charge is -2.16. The second-order valence-corrected chi connectivity index (χ2v) is 5.04. The maximum absolute atomic E-state index is 8.56. The first kappa shape index (κ1) is 13.2. The van der Waals surface area contributed by atoms with Crippen LogP contribution < -0.4 is 5.32 Å². The van der Waals surface area contributed by atoms with E-state index in [4.69, 9.17) is 5.26 Å². The summed E-state index contributed by atoms with van der Waals surface area (Å²) in [5.74, 6) is 0.457. The van der Waals surface area contributed by atoms with Crippen LogP contribution in [-0.4, -0.2) is 12.6 Å². The molecule has 2 nitrogen and oxygen atoms in total. The van der Waals surface area contributed by atoms with Gasteiger partial charge in [-0.25, -0.2) is 0 Å². The maximum Gasteiger partial charge on any atom is 0.0638 e. The third-order valence-corrected chi connectivity index (χ3v) is 3.08. The van der Waals surface area contributed by atoms with Gasteiger partial charge in [0.25, 0.3) is 0 Å². The molecule has 0 saturated heterocycles. The van der Waals surface area contributed by atoms with Crippen LogP contribution in [0.4, 0.5) is 0 Å². The summed E-state index contributed by atoms with van der Waals surface area (Å²) in [6.45, 7) is 5.13. The molecule has 0 amide bonds. The van der Waals surface area contributed by atoms with Gasteiger partial charge in [0, 0.05) is 17.1 Å². The number of nitrogens with zero attached hydrogens (tertiary/aromatic N) is 1. The highest BCUT2D eigenvalue weighted by atomic mass is 79.9. The first-order valence-corrected chi connectivity index (χ1v) is 6.28. The Hall–Kier alpha value is -0.850. The van der Waals surface area contributed by atoms with E-state index in [9.17, 15) is 0 Å². The molecule has 0 aromatic heterocycles. The Bertz CT molecular complexity index is 370. The standard InChI is InChI=1S/C13H17BrN2/c1-10(9-16-11(2)6-7-15)12-4-3-5-13(14)8-12/h3-5,8,10-11,16H,6,9H2,1-2H3. The van der Waals surface area contributed by atoms with Crippen molar-refractivity contribution in [2.45, 2.75) is 32.2 Å². The lowest BCUT2D eigenvalue weighted by Crippen LogP contribution is -2.29. The van der Waals surface area contributed by atoms with Gasteiger partial charge < -0.3 is 5.32 Å². The number of hydrogen-bond acceptors (Lipinski definition) is 2. The summed E-state index contributed by atoms with van der Waals surface area (Å²) >= 11 is 3.47. The smallest absolute Gasteiger partial charge is 0.0638 e. The Morgan fingerprint density at radius 3 is 2.81 bits per heavy atom. The van der Waals surface area contributed by atoms with Crippen molar-refractivity contribution in [3.05, 3.63) is 34.3 Å². The summed E-state index contributed by atoms with van der Waals surface area (Å²) in [6.07, 6.45) is 0.561. The van der Waals surface area contributed by atoms with E-state index in [0.29, 0.717) is 12.3 Å². The molecule has 0 aliphatic carbocycles. The number of hydrogen-bond donors (Lipinski definition) is 1. The van der Waals surface area contributed by atoms with Crippen molar-refractivity contribution in [2.75, 3.05) is 6.54 Å². The van der Waals surface area contributed by atoms with Crippen LogP contribution in [0.25, 0.3) is 0 Å². The lowest BCUT2D eigenvalue weighted by molar-refractivity contribution is 0.525. The van der Waals surface area contributed by atoms with E-state index in [2.05, 4.69) is 52.4 Å². The fourth-order valence-electron chi connectivity index (χ4n) is 1.52. The number of nitriles is 1. The SMILES string of the molecule is CC(CC#N)NCC(C)c1cccc(Br)c1. The van der Waals surface area contributed by atoms with Gasteiger partial charge in [0.05, 0.1) is 12.5 Å². The molecule has 16 heavy (non-hydrogen) atoms. The van der Waals surface area contributed by atoms with Crippen LogP contribution in [-0.2, 0) is 0 Å². The second-order valence-electron chi connectivity index (χ2n) is 4.13. The average Bonchev–Trinajstić information content (AvgIpc) is 2.26. The van der Waals surface area contributed by atoms with E-state index in [0.717, 1.165) is 11.0 Å². The summed E-state index contributed by atoms with van der Waals surface area (Å²) in [6, 6.07) is 10.8. The van der Waals surface area contributed by atoms with Crippen molar-refractivity contribution in [3.8, 4) is 6.07 Å². The Labute approximate surface area is 106 Å². The first-order chi connectivity index (χ1) is 7.63. The van der Waals surface area contributed by atoms with E-state index >= 15 is 0 Å². The van der Waals surface area contributed by atoms with Crippen LogP contribution in [0, 0.1) is 11.3 Å². The van der Waals surface area contributed by atoms with Crippen LogP contribution in [0.3, 0.4) is 0 Å². The molecule has 1 rings (SSSR count). The molecular formula is C13H17BrN2. The molecule has 0 fully saturated rings. The number of halogens is 1. The quantitative estimate of drug-likeness (QED) is 0.897. The van der Waals surface area contributed by atoms with E-state index in [1.165, 1.54) is 5.56 Å². The summed E-state index contributed by atoms with van der Waals surface area (Å²) in [7, 11) is 0. The van der Waals surface area contributed by atoms with Crippen molar-refractivity contribution in [3.63, 3.8) is 0 Å². The predicted molar refractivity (Wildman–Crippen MR) is 70.3 cm³/mol. The summed E-state index contributed by atoms with van der Waals surface area (Å²) in [5.41, 5.74) is 1.31. The van der Waals surface area contributed by atoms with Gasteiger partial charge in [0.2, 0.25) is 0 Å². The fourth-order valence-corrected chi connectivity index (χ4v) is 1.93. The van der Waals surface area contributed by atoms with Crippen molar-refractivity contribution in [1.29, 1.82) is 5.26 Å². The molecule has 86 valence electrons. The molecule has 0 saturated carbocycles. The fraction of sp³-hybridized carbons (Fsp3) is 0.462. The zero-order valence-electron chi connectivity index (χ0n) is 9.70. The van der Waals surface area contributed by atoms with Crippen LogP contribution in [0.15, 0.2) is 28.7 Å². The Balaban J connectivity index is 2.47. The molecule has 0 bridgehead atoms. The minimum Gasteiger partial charge on any atom is -0.313 e. The minimum absolute atomic E-state index is 0.264. The molecule has 1 aromatic rings. The van der Waals surface area contributed by atoms with E-state index in [-0.39, 0.29) is 6.04 Å². The van der Waals surface area contributed by atoms with Crippen molar-refractivity contribution >= 4 is 15.9 Å². The highest BCUT2D eigenvalue weighted by Gasteiger charge is 2.07. The van der Waals surface area contributed by atoms with Gasteiger partial charge in [-0.2, -0.15) is 5.26 Å².